The monoisotopic (exact) mass is 122 g/mol. The Kier molecular flexibility index (Phi) is 5.76. The van der Waals surface area contributed by atoms with Gasteiger partial charge in [-0.25, -0.2) is 0 Å². The highest BCUT2D eigenvalue weighted by Crippen LogP contribution is 2.14. The molecule has 0 aliphatic rings. The normalized spacial score (nSPS) is 8.17. The van der Waals surface area contributed by atoms with Crippen LogP contribution in [0.3, 0.4) is 0 Å². The Morgan fingerprint density at radius 3 is 2.67 bits per heavy atom. The minimum Gasteiger partial charge on any atom is -0.321 e. The van der Waals surface area contributed by atoms with Gasteiger partial charge in [-0.2, -0.15) is 0 Å². The molecular weight excluding hydrogens is 116 g/mol. The molecule has 0 aromatic carbocycles. The van der Waals surface area contributed by atoms with E-state index in [1.165, 1.54) is 10.8 Å². The summed E-state index contributed by atoms with van der Waals surface area (Å²) >= 11 is 0.772. The van der Waals surface area contributed by atoms with Crippen LogP contribution in [0.4, 0.5) is 0 Å². The summed E-state index contributed by atoms with van der Waals surface area (Å²) in [5, 5.41) is 0. The molecule has 3 heteroatoms. The van der Waals surface area contributed by atoms with E-state index in [1.54, 1.807) is 6.08 Å². The van der Waals surface area contributed by atoms with Crippen LogP contribution in [0.5, 0.6) is 0 Å². The molecule has 0 aliphatic heterocycles. The first-order valence-electron chi connectivity index (χ1n) is 1.45. The predicted octanol–water partition coefficient (Wildman–Crippen LogP) is 2.03. The summed E-state index contributed by atoms with van der Waals surface area (Å²) in [5.41, 5.74) is 0. The largest absolute Gasteiger partial charge is 0.321 e. The van der Waals surface area contributed by atoms with Crippen molar-refractivity contribution >= 4 is 21.9 Å². The highest BCUT2D eigenvalue weighted by Gasteiger charge is 1.73. The Labute approximate surface area is 45.4 Å². The summed E-state index contributed by atoms with van der Waals surface area (Å²) in [7, 11) is 1.36. The lowest BCUT2D eigenvalue weighted by Gasteiger charge is -1.80. The van der Waals surface area contributed by atoms with Crippen LogP contribution in [0.2, 0.25) is 0 Å². The molecule has 0 aromatic heterocycles. The molecule has 0 atom stereocenters. The molecule has 0 heterocycles. The van der Waals surface area contributed by atoms with Gasteiger partial charge in [-0.3, -0.25) is 0 Å². The van der Waals surface area contributed by atoms with Gasteiger partial charge >= 0.3 is 0 Å². The second-order valence-electron chi connectivity index (χ2n) is 0.648. The molecule has 1 N–H and O–H groups in total. The zero-order valence-corrected chi connectivity index (χ0v) is 4.89. The van der Waals surface area contributed by atoms with Crippen molar-refractivity contribution in [3.05, 3.63) is 12.7 Å². The van der Waals surface area contributed by atoms with Gasteiger partial charge in [0.25, 0.3) is 0 Å². The first kappa shape index (κ1) is 6.40. The van der Waals surface area contributed by atoms with E-state index < -0.39 is 0 Å². The van der Waals surface area contributed by atoms with Gasteiger partial charge in [-0.1, -0.05) is 16.9 Å². The van der Waals surface area contributed by atoms with Gasteiger partial charge in [0.1, 0.15) is 0 Å². The molecule has 0 saturated carbocycles. The third kappa shape index (κ3) is 4.40. The molecule has 0 rings (SSSR count). The van der Waals surface area contributed by atoms with Gasteiger partial charge in [0.2, 0.25) is 0 Å². The molecule has 0 fully saturated rings. The van der Waals surface area contributed by atoms with Crippen molar-refractivity contribution in [1.82, 2.24) is 0 Å². The molecule has 0 aliphatic carbocycles. The van der Waals surface area contributed by atoms with Crippen molar-refractivity contribution in [1.29, 1.82) is 0 Å². The van der Waals surface area contributed by atoms with Gasteiger partial charge in [0.05, 0.1) is 11.1 Å². The van der Waals surface area contributed by atoms with Gasteiger partial charge in [0.15, 0.2) is 0 Å². The van der Waals surface area contributed by atoms with Crippen molar-refractivity contribution < 1.29 is 4.55 Å². The second kappa shape index (κ2) is 5.40. The third-order valence-electron chi connectivity index (χ3n) is 0.239. The lowest BCUT2D eigenvalue weighted by Crippen LogP contribution is -1.56. The van der Waals surface area contributed by atoms with Crippen molar-refractivity contribution in [2.75, 3.05) is 5.75 Å². The summed E-state index contributed by atoms with van der Waals surface area (Å²) in [5.74, 6) is 0.807. The number of hydrogen-bond acceptors (Lipinski definition) is 3. The summed E-state index contributed by atoms with van der Waals surface area (Å²) < 4.78 is 8.03. The minimum atomic E-state index is 0.772. The molecule has 0 bridgehead atoms. The fraction of sp³-hybridized carbons (Fsp3) is 0.333. The maximum absolute atomic E-state index is 8.03. The van der Waals surface area contributed by atoms with Gasteiger partial charge in [0, 0.05) is 5.75 Å². The molecule has 36 valence electrons. The molecule has 0 spiro atoms. The average molecular weight is 122 g/mol. The van der Waals surface area contributed by atoms with E-state index >= 15 is 0 Å². The van der Waals surface area contributed by atoms with E-state index in [2.05, 4.69) is 6.58 Å². The summed E-state index contributed by atoms with van der Waals surface area (Å²) in [4.78, 5) is 0. The average Bonchev–Trinajstić information content (AvgIpc) is 1.61. The van der Waals surface area contributed by atoms with E-state index in [4.69, 9.17) is 4.55 Å². The van der Waals surface area contributed by atoms with Crippen LogP contribution < -0.4 is 0 Å². The second-order valence-corrected chi connectivity index (χ2v) is 2.52. The zero-order valence-electron chi connectivity index (χ0n) is 3.26. The van der Waals surface area contributed by atoms with Crippen LogP contribution in [0.1, 0.15) is 0 Å². The highest BCUT2D eigenvalue weighted by molar-refractivity contribution is 8.74. The minimum absolute atomic E-state index is 0.772. The molecule has 0 amide bonds. The smallest absolute Gasteiger partial charge is 0.0596 e. The van der Waals surface area contributed by atoms with E-state index in [0.717, 1.165) is 16.8 Å². The molecule has 6 heavy (non-hydrogen) atoms. The lowest BCUT2D eigenvalue weighted by atomic mass is 10.8. The lowest BCUT2D eigenvalue weighted by molar-refractivity contribution is 0.676. The molecule has 1 nitrogen and oxygen atoms in total. The van der Waals surface area contributed by atoms with Crippen LogP contribution in [-0.4, -0.2) is 10.3 Å². The summed E-state index contributed by atoms with van der Waals surface area (Å²) in [6, 6.07) is 0. The Balaban J connectivity index is 2.49. The van der Waals surface area contributed by atoms with Crippen molar-refractivity contribution in [2.24, 2.45) is 0 Å². The van der Waals surface area contributed by atoms with Gasteiger partial charge in [-0.15, -0.1) is 6.58 Å². The van der Waals surface area contributed by atoms with E-state index in [1.807, 2.05) is 0 Å². The first-order chi connectivity index (χ1) is 2.91. The summed E-state index contributed by atoms with van der Waals surface area (Å²) in [6.07, 6.45) is 1.74. The number of rotatable bonds is 3. The summed E-state index contributed by atoms with van der Waals surface area (Å²) in [6.45, 7) is 3.45. The number of hydrogen-bond donors (Lipinski definition) is 1. The van der Waals surface area contributed by atoms with Crippen LogP contribution in [0.25, 0.3) is 0 Å². The Morgan fingerprint density at radius 1 is 1.83 bits per heavy atom. The van der Waals surface area contributed by atoms with Crippen LogP contribution >= 0.6 is 21.9 Å². The maximum atomic E-state index is 8.03. The van der Waals surface area contributed by atoms with Crippen molar-refractivity contribution in [3.8, 4) is 0 Å². The van der Waals surface area contributed by atoms with Crippen LogP contribution in [0, 0.1) is 0 Å². The zero-order chi connectivity index (χ0) is 4.83. The van der Waals surface area contributed by atoms with Gasteiger partial charge in [-0.05, 0) is 0 Å². The third-order valence-corrected chi connectivity index (χ3v) is 1.44. The maximum Gasteiger partial charge on any atom is 0.0596 e. The molecule has 0 radical (unpaired) electrons. The van der Waals surface area contributed by atoms with E-state index in [9.17, 15) is 0 Å². The topological polar surface area (TPSA) is 20.2 Å². The van der Waals surface area contributed by atoms with Crippen LogP contribution in [-0.2, 0) is 0 Å². The molecule has 0 aromatic rings. The van der Waals surface area contributed by atoms with Crippen molar-refractivity contribution in [2.45, 2.75) is 0 Å². The van der Waals surface area contributed by atoms with Gasteiger partial charge < -0.3 is 4.55 Å². The highest BCUT2D eigenvalue weighted by atomic mass is 33.1. The quantitative estimate of drug-likeness (QED) is 0.268. The predicted molar refractivity (Wildman–Crippen MR) is 32.9 cm³/mol. The van der Waals surface area contributed by atoms with Crippen LogP contribution in [0.15, 0.2) is 12.7 Å². The molecular formula is C3H6OS2. The first-order valence-corrected chi connectivity index (χ1v) is 3.73. The SMILES string of the molecule is C=CCSSO. The fourth-order valence-corrected chi connectivity index (χ4v) is 0.707. The Morgan fingerprint density at radius 2 is 2.50 bits per heavy atom. The standard InChI is InChI=1S/C3H6OS2/c1-2-3-5-6-4/h2,4H,1,3H2. The van der Waals surface area contributed by atoms with E-state index in [-0.39, 0.29) is 0 Å². The van der Waals surface area contributed by atoms with Crippen molar-refractivity contribution in [3.63, 3.8) is 0 Å². The molecule has 0 saturated heterocycles. The Bertz CT molecular complexity index is 37.8. The molecule has 0 unspecified atom stereocenters. The van der Waals surface area contributed by atoms with E-state index in [0.29, 0.717) is 0 Å². The fourth-order valence-electron chi connectivity index (χ4n) is 0.0785. The Hall–Kier alpha value is 0.400.